The summed E-state index contributed by atoms with van der Waals surface area (Å²) in [5.41, 5.74) is 2.38. The van der Waals surface area contributed by atoms with Crippen LogP contribution in [0.5, 0.6) is 0 Å². The van der Waals surface area contributed by atoms with Crippen LogP contribution < -0.4 is 15.5 Å². The van der Waals surface area contributed by atoms with E-state index in [1.54, 1.807) is 7.11 Å². The summed E-state index contributed by atoms with van der Waals surface area (Å²) < 4.78 is 5.11. The van der Waals surface area contributed by atoms with Gasteiger partial charge in [0.2, 0.25) is 0 Å². The van der Waals surface area contributed by atoms with E-state index in [0.717, 1.165) is 25.1 Å². The molecule has 0 saturated carbocycles. The van der Waals surface area contributed by atoms with Gasteiger partial charge >= 0.3 is 6.03 Å². The predicted octanol–water partition coefficient (Wildman–Crippen LogP) is 3.07. The lowest BCUT2D eigenvalue weighted by Gasteiger charge is -2.22. The van der Waals surface area contributed by atoms with Gasteiger partial charge in [-0.3, -0.25) is 0 Å². The highest BCUT2D eigenvalue weighted by atomic mass is 16.5. The second-order valence-corrected chi connectivity index (χ2v) is 6.19. The Hall–Kier alpha value is -1.75. The molecule has 1 heterocycles. The fourth-order valence-electron chi connectivity index (χ4n) is 2.94. The summed E-state index contributed by atoms with van der Waals surface area (Å²) in [6.45, 7) is 6.83. The number of hydrogen-bond acceptors (Lipinski definition) is 3. The molecule has 2 amide bonds. The topological polar surface area (TPSA) is 53.6 Å². The quantitative estimate of drug-likeness (QED) is 0.812. The number of nitrogens with one attached hydrogen (secondary N) is 2. The molecule has 128 valence electrons. The van der Waals surface area contributed by atoms with E-state index in [1.165, 1.54) is 18.5 Å². The number of urea groups is 1. The van der Waals surface area contributed by atoms with Gasteiger partial charge in [0.15, 0.2) is 0 Å². The third-order valence-electron chi connectivity index (χ3n) is 4.38. The summed E-state index contributed by atoms with van der Waals surface area (Å²) >= 11 is 0. The van der Waals surface area contributed by atoms with Crippen molar-refractivity contribution in [2.45, 2.75) is 45.2 Å². The minimum absolute atomic E-state index is 0.0300. The van der Waals surface area contributed by atoms with Gasteiger partial charge < -0.3 is 20.3 Å². The van der Waals surface area contributed by atoms with Crippen molar-refractivity contribution in [3.63, 3.8) is 0 Å². The number of nitrogens with zero attached hydrogens (tertiary/aromatic N) is 1. The van der Waals surface area contributed by atoms with Crippen molar-refractivity contribution in [3.8, 4) is 0 Å². The number of ether oxygens (including phenoxy) is 1. The normalized spacial score (nSPS) is 16.9. The Kier molecular flexibility index (Phi) is 6.71. The largest absolute Gasteiger partial charge is 0.383 e. The molecule has 0 bridgehead atoms. The van der Waals surface area contributed by atoms with Crippen LogP contribution in [-0.4, -0.2) is 38.9 Å². The maximum absolute atomic E-state index is 12.1. The van der Waals surface area contributed by atoms with Crippen LogP contribution in [-0.2, 0) is 4.74 Å². The van der Waals surface area contributed by atoms with E-state index in [-0.39, 0.29) is 18.1 Å². The average molecular weight is 319 g/mol. The molecule has 0 unspecified atom stereocenters. The molecule has 2 N–H and O–H groups in total. The number of methoxy groups -OCH3 is 1. The minimum atomic E-state index is -0.145. The van der Waals surface area contributed by atoms with Gasteiger partial charge in [0.25, 0.3) is 0 Å². The first-order chi connectivity index (χ1) is 11.1. The molecule has 0 aliphatic carbocycles. The lowest BCUT2D eigenvalue weighted by Crippen LogP contribution is -2.44. The van der Waals surface area contributed by atoms with Crippen LogP contribution in [0.1, 0.15) is 44.7 Å². The molecule has 1 aliphatic rings. The molecular weight excluding hydrogens is 290 g/mol. The molecule has 1 fully saturated rings. The van der Waals surface area contributed by atoms with Crippen molar-refractivity contribution in [3.05, 3.63) is 29.8 Å². The molecule has 0 aromatic heterocycles. The molecule has 1 aromatic rings. The van der Waals surface area contributed by atoms with Gasteiger partial charge in [-0.05, 0) is 43.9 Å². The molecule has 0 radical (unpaired) electrons. The monoisotopic (exact) mass is 319 g/mol. The van der Waals surface area contributed by atoms with Gasteiger partial charge in [-0.15, -0.1) is 0 Å². The molecule has 2 atom stereocenters. The fraction of sp³-hybridized carbons (Fsp3) is 0.611. The Morgan fingerprint density at radius 2 is 2.04 bits per heavy atom. The van der Waals surface area contributed by atoms with Crippen LogP contribution in [0.15, 0.2) is 24.3 Å². The SMILES string of the molecule is CC[C@H](COC)NC(=O)N[C@H](C)c1cccc(N2CCCC2)c1. The highest BCUT2D eigenvalue weighted by Crippen LogP contribution is 2.23. The Balaban J connectivity index is 1.93. The fourth-order valence-corrected chi connectivity index (χ4v) is 2.94. The van der Waals surface area contributed by atoms with E-state index in [9.17, 15) is 4.79 Å². The zero-order valence-electron chi connectivity index (χ0n) is 14.5. The first-order valence-electron chi connectivity index (χ1n) is 8.55. The summed E-state index contributed by atoms with van der Waals surface area (Å²) in [5, 5.41) is 5.97. The van der Waals surface area contributed by atoms with Gasteiger partial charge in [0.05, 0.1) is 18.7 Å². The summed E-state index contributed by atoms with van der Waals surface area (Å²) in [7, 11) is 1.65. The highest BCUT2D eigenvalue weighted by molar-refractivity contribution is 5.74. The maximum Gasteiger partial charge on any atom is 0.315 e. The van der Waals surface area contributed by atoms with Gasteiger partial charge in [-0.25, -0.2) is 4.79 Å². The Bertz CT molecular complexity index is 501. The lowest BCUT2D eigenvalue weighted by atomic mass is 10.1. The van der Waals surface area contributed by atoms with E-state index in [1.807, 2.05) is 13.8 Å². The van der Waals surface area contributed by atoms with Crippen LogP contribution in [0.3, 0.4) is 0 Å². The first-order valence-corrected chi connectivity index (χ1v) is 8.55. The summed E-state index contributed by atoms with van der Waals surface area (Å²) in [5.74, 6) is 0. The van der Waals surface area contributed by atoms with E-state index in [0.29, 0.717) is 6.61 Å². The molecule has 5 nitrogen and oxygen atoms in total. The number of rotatable bonds is 7. The van der Waals surface area contributed by atoms with Crippen molar-refractivity contribution >= 4 is 11.7 Å². The Morgan fingerprint density at radius 1 is 1.30 bits per heavy atom. The highest BCUT2D eigenvalue weighted by Gasteiger charge is 2.16. The molecule has 2 rings (SSSR count). The first kappa shape index (κ1) is 17.6. The molecule has 0 spiro atoms. The van der Waals surface area contributed by atoms with Crippen LogP contribution >= 0.6 is 0 Å². The van der Waals surface area contributed by atoms with E-state index in [2.05, 4.69) is 39.8 Å². The average Bonchev–Trinajstić information content (AvgIpc) is 3.09. The van der Waals surface area contributed by atoms with Crippen LogP contribution in [0.25, 0.3) is 0 Å². The molecule has 23 heavy (non-hydrogen) atoms. The third-order valence-corrected chi connectivity index (χ3v) is 4.38. The second-order valence-electron chi connectivity index (χ2n) is 6.19. The van der Waals surface area contributed by atoms with Crippen molar-refractivity contribution in [1.29, 1.82) is 0 Å². The van der Waals surface area contributed by atoms with Crippen molar-refractivity contribution in [2.75, 3.05) is 31.7 Å². The van der Waals surface area contributed by atoms with Crippen molar-refractivity contribution in [1.82, 2.24) is 10.6 Å². The van der Waals surface area contributed by atoms with Gasteiger partial charge in [-0.1, -0.05) is 19.1 Å². The number of carbonyl (C=O) groups excluding carboxylic acids is 1. The van der Waals surface area contributed by atoms with Crippen LogP contribution in [0.4, 0.5) is 10.5 Å². The summed E-state index contributed by atoms with van der Waals surface area (Å²) in [6, 6.07) is 8.33. The van der Waals surface area contributed by atoms with Crippen molar-refractivity contribution < 1.29 is 9.53 Å². The minimum Gasteiger partial charge on any atom is -0.383 e. The van der Waals surface area contributed by atoms with Crippen molar-refractivity contribution in [2.24, 2.45) is 0 Å². The molecule has 1 aromatic carbocycles. The summed E-state index contributed by atoms with van der Waals surface area (Å²) in [6.07, 6.45) is 3.37. The van der Waals surface area contributed by atoms with Crippen LogP contribution in [0.2, 0.25) is 0 Å². The molecule has 1 aliphatic heterocycles. The molecule has 1 saturated heterocycles. The van der Waals surface area contributed by atoms with Gasteiger partial charge in [0, 0.05) is 25.9 Å². The van der Waals surface area contributed by atoms with Gasteiger partial charge in [-0.2, -0.15) is 0 Å². The number of benzene rings is 1. The smallest absolute Gasteiger partial charge is 0.315 e. The van der Waals surface area contributed by atoms with E-state index < -0.39 is 0 Å². The molecule has 5 heteroatoms. The maximum atomic E-state index is 12.1. The lowest BCUT2D eigenvalue weighted by molar-refractivity contribution is 0.163. The Morgan fingerprint density at radius 3 is 2.70 bits per heavy atom. The number of amides is 2. The standard InChI is InChI=1S/C18H29N3O2/c1-4-16(13-23-3)20-18(22)19-14(2)15-8-7-9-17(12-15)21-10-5-6-11-21/h7-9,12,14,16H,4-6,10-11,13H2,1-3H3,(H2,19,20,22)/t14-,16-/m1/s1. The van der Waals surface area contributed by atoms with Crippen LogP contribution in [0, 0.1) is 0 Å². The zero-order chi connectivity index (χ0) is 16.7. The van der Waals surface area contributed by atoms with E-state index in [4.69, 9.17) is 4.74 Å². The number of carbonyl (C=O) groups is 1. The summed E-state index contributed by atoms with van der Waals surface area (Å²) in [4.78, 5) is 14.5. The molecular formula is C18H29N3O2. The Labute approximate surface area is 139 Å². The van der Waals surface area contributed by atoms with E-state index >= 15 is 0 Å². The number of anilines is 1. The zero-order valence-corrected chi connectivity index (χ0v) is 14.5. The van der Waals surface area contributed by atoms with Gasteiger partial charge in [0.1, 0.15) is 0 Å². The predicted molar refractivity (Wildman–Crippen MR) is 93.9 cm³/mol. The second kappa shape index (κ2) is 8.77. The third kappa shape index (κ3) is 5.13. The number of hydrogen-bond donors (Lipinski definition) is 2.